The molecule has 1 saturated carbocycles. The molecular weight excluding hydrogens is 342 g/mol. The van der Waals surface area contributed by atoms with Crippen LogP contribution in [-0.4, -0.2) is 25.0 Å². The molecule has 0 unspecified atom stereocenters. The fourth-order valence-electron chi connectivity index (χ4n) is 3.48. The fraction of sp³-hybridized carbons (Fsp3) is 0.400. The molecule has 1 N–H and O–H groups in total. The van der Waals surface area contributed by atoms with Crippen molar-refractivity contribution in [3.8, 4) is 0 Å². The average molecular weight is 365 g/mol. The number of imidazole rings is 1. The molecule has 4 rings (SSSR count). The Kier molecular flexibility index (Phi) is 4.30. The minimum atomic E-state index is -0.357. The van der Waals surface area contributed by atoms with Crippen molar-refractivity contribution in [1.82, 2.24) is 24.4 Å². The molecule has 27 heavy (non-hydrogen) atoms. The first-order valence-corrected chi connectivity index (χ1v) is 9.28. The third-order valence-electron chi connectivity index (χ3n) is 5.16. The Hall–Kier alpha value is -2.96. The summed E-state index contributed by atoms with van der Waals surface area (Å²) in [6.45, 7) is 4.48. The smallest absolute Gasteiger partial charge is 0.257 e. The van der Waals surface area contributed by atoms with Gasteiger partial charge in [0.2, 0.25) is 5.43 Å². The lowest BCUT2D eigenvalue weighted by molar-refractivity contribution is 0.0927. The lowest BCUT2D eigenvalue weighted by Crippen LogP contribution is -2.35. The van der Waals surface area contributed by atoms with E-state index < -0.39 is 0 Å². The normalized spacial score (nSPS) is 15.1. The van der Waals surface area contributed by atoms with Crippen LogP contribution in [0, 0.1) is 12.8 Å². The lowest BCUT2D eigenvalue weighted by atomic mass is 10.1. The van der Waals surface area contributed by atoms with E-state index in [1.54, 1.807) is 24.5 Å². The van der Waals surface area contributed by atoms with Crippen LogP contribution >= 0.6 is 0 Å². The van der Waals surface area contributed by atoms with E-state index >= 15 is 0 Å². The van der Waals surface area contributed by atoms with Gasteiger partial charge in [0.05, 0.1) is 11.4 Å². The molecule has 1 aliphatic carbocycles. The van der Waals surface area contributed by atoms with Crippen molar-refractivity contribution >= 4 is 16.9 Å². The maximum atomic E-state index is 13.0. The highest BCUT2D eigenvalue weighted by Gasteiger charge is 2.36. The number of aryl methyl sites for hydroxylation is 3. The van der Waals surface area contributed by atoms with Crippen molar-refractivity contribution in [2.45, 2.75) is 39.3 Å². The maximum Gasteiger partial charge on any atom is 0.257 e. The summed E-state index contributed by atoms with van der Waals surface area (Å²) < 4.78 is 3.77. The van der Waals surface area contributed by atoms with Crippen LogP contribution in [0.3, 0.4) is 0 Å². The zero-order valence-corrected chi connectivity index (χ0v) is 15.8. The van der Waals surface area contributed by atoms with Crippen LogP contribution in [0.25, 0.3) is 11.0 Å². The Bertz CT molecular complexity index is 1080. The number of hydrogen-bond acceptors (Lipinski definition) is 4. The maximum absolute atomic E-state index is 13.0. The number of carbonyl (C=O) groups excluding carboxylic acids is 1. The van der Waals surface area contributed by atoms with E-state index in [1.807, 2.05) is 36.2 Å². The van der Waals surface area contributed by atoms with Gasteiger partial charge in [0, 0.05) is 37.9 Å². The second-order valence-corrected chi connectivity index (χ2v) is 7.17. The quantitative estimate of drug-likeness (QED) is 0.752. The van der Waals surface area contributed by atoms with Gasteiger partial charge < -0.3 is 14.5 Å². The Morgan fingerprint density at radius 1 is 1.37 bits per heavy atom. The summed E-state index contributed by atoms with van der Waals surface area (Å²) in [5.74, 6) is 0.831. The number of nitrogens with zero attached hydrogens (tertiary/aromatic N) is 4. The zero-order chi connectivity index (χ0) is 19.1. The molecule has 7 nitrogen and oxygen atoms in total. The van der Waals surface area contributed by atoms with Gasteiger partial charge in [-0.05, 0) is 44.7 Å². The number of pyridine rings is 2. The molecule has 1 atom stereocenters. The summed E-state index contributed by atoms with van der Waals surface area (Å²) in [5, 5.41) is 3.52. The summed E-state index contributed by atoms with van der Waals surface area (Å²) in [6.07, 6.45) is 7.32. The van der Waals surface area contributed by atoms with Crippen molar-refractivity contribution in [2.24, 2.45) is 13.0 Å². The van der Waals surface area contributed by atoms with E-state index in [2.05, 4.69) is 15.3 Å². The predicted octanol–water partition coefficient (Wildman–Crippen LogP) is 2.34. The molecule has 0 saturated heterocycles. The van der Waals surface area contributed by atoms with Gasteiger partial charge in [-0.1, -0.05) is 0 Å². The highest BCUT2D eigenvalue weighted by molar-refractivity contribution is 5.97. The van der Waals surface area contributed by atoms with E-state index in [-0.39, 0.29) is 22.9 Å². The molecule has 140 valence electrons. The SMILES string of the molecule is CCn1cc(C(=O)N[C@H](c2nccn2C)C2CC2)c(=O)c2ccc(C)nc21. The lowest BCUT2D eigenvalue weighted by Gasteiger charge is -2.18. The number of carbonyl (C=O) groups is 1. The van der Waals surface area contributed by atoms with Gasteiger partial charge in [-0.25, -0.2) is 9.97 Å². The first-order valence-electron chi connectivity index (χ1n) is 9.28. The molecule has 0 bridgehead atoms. The summed E-state index contributed by atoms with van der Waals surface area (Å²) in [7, 11) is 1.91. The molecule has 3 aromatic heterocycles. The second kappa shape index (κ2) is 6.64. The highest BCUT2D eigenvalue weighted by Crippen LogP contribution is 2.40. The van der Waals surface area contributed by atoms with Crippen molar-refractivity contribution in [3.63, 3.8) is 0 Å². The molecule has 0 spiro atoms. The topological polar surface area (TPSA) is 81.8 Å². The van der Waals surface area contributed by atoms with Crippen molar-refractivity contribution in [3.05, 3.63) is 58.0 Å². The molecule has 1 amide bonds. The van der Waals surface area contributed by atoms with Gasteiger partial charge in [-0.15, -0.1) is 0 Å². The van der Waals surface area contributed by atoms with Crippen molar-refractivity contribution < 1.29 is 4.79 Å². The number of fused-ring (bicyclic) bond motifs is 1. The zero-order valence-electron chi connectivity index (χ0n) is 15.8. The Morgan fingerprint density at radius 3 is 2.78 bits per heavy atom. The third kappa shape index (κ3) is 3.13. The van der Waals surface area contributed by atoms with Crippen LogP contribution in [0.15, 0.2) is 35.5 Å². The average Bonchev–Trinajstić information content (AvgIpc) is 3.41. The molecule has 3 aromatic rings. The van der Waals surface area contributed by atoms with Gasteiger partial charge in [0.1, 0.15) is 17.0 Å². The Balaban J connectivity index is 1.74. The summed E-state index contributed by atoms with van der Waals surface area (Å²) >= 11 is 0. The number of rotatable bonds is 5. The predicted molar refractivity (Wildman–Crippen MR) is 103 cm³/mol. The summed E-state index contributed by atoms with van der Waals surface area (Å²) in [5.41, 5.74) is 1.32. The fourth-order valence-corrected chi connectivity index (χ4v) is 3.48. The van der Waals surface area contributed by atoms with Crippen LogP contribution in [0.5, 0.6) is 0 Å². The van der Waals surface area contributed by atoms with Gasteiger partial charge in [-0.3, -0.25) is 9.59 Å². The van der Waals surface area contributed by atoms with E-state index in [0.717, 1.165) is 24.4 Å². The summed E-state index contributed by atoms with van der Waals surface area (Å²) in [6, 6.07) is 3.37. The number of nitrogens with one attached hydrogen (secondary N) is 1. The van der Waals surface area contributed by atoms with Gasteiger partial charge >= 0.3 is 0 Å². The molecule has 7 heteroatoms. The van der Waals surface area contributed by atoms with E-state index in [4.69, 9.17) is 0 Å². The van der Waals surface area contributed by atoms with Gasteiger partial charge in [-0.2, -0.15) is 0 Å². The van der Waals surface area contributed by atoms with Gasteiger partial charge in [0.25, 0.3) is 5.91 Å². The van der Waals surface area contributed by atoms with E-state index in [9.17, 15) is 9.59 Å². The standard InChI is InChI=1S/C20H23N5O2/c1-4-25-11-15(17(26)14-8-5-12(2)22-18(14)25)20(27)23-16(13-6-7-13)19-21-9-10-24(19)3/h5,8-11,13,16H,4,6-7H2,1-3H3,(H,23,27)/t16-/m0/s1. The highest BCUT2D eigenvalue weighted by atomic mass is 16.2. The molecular formula is C20H23N5O2. The van der Waals surface area contributed by atoms with Crippen LogP contribution in [0.2, 0.25) is 0 Å². The molecule has 0 aliphatic heterocycles. The number of hydrogen-bond donors (Lipinski definition) is 1. The molecule has 1 aliphatic rings. The van der Waals surface area contributed by atoms with Gasteiger partial charge in [0.15, 0.2) is 0 Å². The minimum absolute atomic E-state index is 0.148. The van der Waals surface area contributed by atoms with E-state index in [0.29, 0.717) is 23.5 Å². The molecule has 1 fully saturated rings. The molecule has 0 radical (unpaired) electrons. The third-order valence-corrected chi connectivity index (χ3v) is 5.16. The first kappa shape index (κ1) is 17.5. The van der Waals surface area contributed by atoms with Crippen molar-refractivity contribution in [1.29, 1.82) is 0 Å². The summed E-state index contributed by atoms with van der Waals surface area (Å²) in [4.78, 5) is 34.8. The molecule has 3 heterocycles. The monoisotopic (exact) mass is 365 g/mol. The van der Waals surface area contributed by atoms with Crippen LogP contribution in [-0.2, 0) is 13.6 Å². The van der Waals surface area contributed by atoms with Crippen LogP contribution in [0.4, 0.5) is 0 Å². The largest absolute Gasteiger partial charge is 0.342 e. The van der Waals surface area contributed by atoms with E-state index in [1.165, 1.54) is 0 Å². The first-order chi connectivity index (χ1) is 13.0. The Labute approximate surface area is 157 Å². The number of aromatic nitrogens is 4. The van der Waals surface area contributed by atoms with Crippen LogP contribution in [0.1, 0.15) is 47.7 Å². The Morgan fingerprint density at radius 2 is 2.15 bits per heavy atom. The van der Waals surface area contributed by atoms with Crippen LogP contribution < -0.4 is 10.7 Å². The number of amides is 1. The van der Waals surface area contributed by atoms with Crippen molar-refractivity contribution in [2.75, 3.05) is 0 Å². The second-order valence-electron chi connectivity index (χ2n) is 7.17. The minimum Gasteiger partial charge on any atom is -0.342 e. The molecule has 0 aromatic carbocycles.